The second kappa shape index (κ2) is 11.7. The largest absolute Gasteiger partial charge is 0.417 e. The summed E-state index contributed by atoms with van der Waals surface area (Å²) in [4.78, 5) is 39.3. The van der Waals surface area contributed by atoms with Gasteiger partial charge in [-0.05, 0) is 19.2 Å². The Morgan fingerprint density at radius 2 is 1.80 bits per heavy atom. The maximum atomic E-state index is 15.2. The van der Waals surface area contributed by atoms with Crippen LogP contribution in [-0.2, 0) is 18.0 Å². The number of carbonyl (C=O) groups excluding carboxylic acids is 1. The van der Waals surface area contributed by atoms with Gasteiger partial charge in [0.05, 0.1) is 28.8 Å². The molecule has 46 heavy (non-hydrogen) atoms. The van der Waals surface area contributed by atoms with Crippen LogP contribution in [0.1, 0.15) is 11.6 Å². The summed E-state index contributed by atoms with van der Waals surface area (Å²) in [5, 5.41) is 5.36. The maximum Gasteiger partial charge on any atom is 0.417 e. The number of aryl methyl sites for hydroxylation is 1. The standard InChI is InChI=1S/C32H35F3N8O2S/c1-4-25(44)41-12-14-42(15-13-41)30-23-16-24(32(33,34)35)26(22-7-5-6-20-17-36-39(3)27(20)22)29-28(23)43(31(45)37-30)21(19-46-29)18-40-10-8-38(2)9-11-40/h4-7,16-17,21H,1,8-15,18-19H2,2-3H3. The van der Waals surface area contributed by atoms with Crippen molar-refractivity contribution in [3.05, 3.63) is 59.2 Å². The van der Waals surface area contributed by atoms with E-state index in [9.17, 15) is 9.59 Å². The Balaban J connectivity index is 1.46. The van der Waals surface area contributed by atoms with E-state index in [0.717, 1.165) is 31.6 Å². The number of fused-ring (bicyclic) bond motifs is 1. The highest BCUT2D eigenvalue weighted by atomic mass is 32.2. The first kappa shape index (κ1) is 30.8. The fourth-order valence-corrected chi connectivity index (χ4v) is 8.31. The summed E-state index contributed by atoms with van der Waals surface area (Å²) in [5.74, 6) is 0.453. The third-order valence-electron chi connectivity index (χ3n) is 9.40. The zero-order chi connectivity index (χ0) is 32.3. The molecule has 0 radical (unpaired) electrons. The molecular formula is C32H35F3N8O2S. The van der Waals surface area contributed by atoms with E-state index in [0.29, 0.717) is 65.4 Å². The van der Waals surface area contributed by atoms with Crippen molar-refractivity contribution in [2.24, 2.45) is 7.05 Å². The fraction of sp³-hybridized carbons (Fsp3) is 0.438. The average molecular weight is 653 g/mol. The van der Waals surface area contributed by atoms with Crippen molar-refractivity contribution < 1.29 is 18.0 Å². The molecule has 0 saturated carbocycles. The van der Waals surface area contributed by atoms with E-state index >= 15 is 13.2 Å². The summed E-state index contributed by atoms with van der Waals surface area (Å²) in [5.41, 5.74) is 0.302. The number of halogens is 3. The molecule has 3 aliphatic heterocycles. The van der Waals surface area contributed by atoms with E-state index in [1.54, 1.807) is 39.5 Å². The van der Waals surface area contributed by atoms with Gasteiger partial charge in [-0.15, -0.1) is 11.8 Å². The van der Waals surface area contributed by atoms with Crippen molar-refractivity contribution in [3.8, 4) is 11.1 Å². The molecule has 2 saturated heterocycles. The molecule has 242 valence electrons. The molecule has 10 nitrogen and oxygen atoms in total. The van der Waals surface area contributed by atoms with Crippen LogP contribution in [0, 0.1) is 0 Å². The molecule has 14 heteroatoms. The van der Waals surface area contributed by atoms with Crippen LogP contribution in [0.2, 0.25) is 0 Å². The van der Waals surface area contributed by atoms with Gasteiger partial charge in [0.1, 0.15) is 5.82 Å². The Bertz CT molecular complexity index is 1910. The van der Waals surface area contributed by atoms with Crippen molar-refractivity contribution >= 4 is 45.3 Å². The van der Waals surface area contributed by atoms with E-state index in [1.807, 2.05) is 11.0 Å². The van der Waals surface area contributed by atoms with Crippen LogP contribution in [0.4, 0.5) is 19.0 Å². The van der Waals surface area contributed by atoms with Gasteiger partial charge in [-0.1, -0.05) is 24.8 Å². The number of likely N-dealkylation sites (N-methyl/N-ethyl adjacent to an activating group) is 1. The minimum Gasteiger partial charge on any atom is -0.352 e. The molecule has 0 aliphatic carbocycles. The minimum absolute atomic E-state index is 0.0592. The van der Waals surface area contributed by atoms with Crippen LogP contribution in [0.5, 0.6) is 0 Å². The Hall–Kier alpha value is -3.88. The molecule has 7 rings (SSSR count). The van der Waals surface area contributed by atoms with E-state index in [2.05, 4.69) is 33.5 Å². The Morgan fingerprint density at radius 3 is 2.50 bits per heavy atom. The number of para-hydroxylation sites is 1. The molecule has 4 aromatic rings. The number of piperazine rings is 2. The summed E-state index contributed by atoms with van der Waals surface area (Å²) >= 11 is 1.38. The van der Waals surface area contributed by atoms with E-state index < -0.39 is 17.4 Å². The number of amides is 1. The van der Waals surface area contributed by atoms with Crippen molar-refractivity contribution in [2.75, 3.05) is 76.6 Å². The van der Waals surface area contributed by atoms with Crippen LogP contribution < -0.4 is 10.6 Å². The van der Waals surface area contributed by atoms with Gasteiger partial charge < -0.3 is 14.7 Å². The zero-order valence-electron chi connectivity index (χ0n) is 25.8. The molecule has 1 atom stereocenters. The minimum atomic E-state index is -4.69. The number of anilines is 1. The molecule has 2 aromatic carbocycles. The van der Waals surface area contributed by atoms with Gasteiger partial charge in [0.2, 0.25) is 5.91 Å². The maximum absolute atomic E-state index is 15.2. The van der Waals surface area contributed by atoms with Gasteiger partial charge in [0.25, 0.3) is 0 Å². The average Bonchev–Trinajstić information content (AvgIpc) is 3.43. The highest BCUT2D eigenvalue weighted by molar-refractivity contribution is 7.99. The van der Waals surface area contributed by atoms with Crippen LogP contribution in [0.3, 0.4) is 0 Å². The summed E-state index contributed by atoms with van der Waals surface area (Å²) in [6, 6.07) is 6.20. The highest BCUT2D eigenvalue weighted by Gasteiger charge is 2.40. The van der Waals surface area contributed by atoms with Crippen molar-refractivity contribution in [1.29, 1.82) is 0 Å². The first-order chi connectivity index (χ1) is 22.0. The monoisotopic (exact) mass is 652 g/mol. The Kier molecular flexibility index (Phi) is 7.84. The van der Waals surface area contributed by atoms with Gasteiger partial charge in [-0.3, -0.25) is 18.9 Å². The molecule has 5 heterocycles. The number of benzene rings is 2. The van der Waals surface area contributed by atoms with Crippen molar-refractivity contribution in [2.45, 2.75) is 17.1 Å². The number of carbonyl (C=O) groups is 1. The third kappa shape index (κ3) is 5.25. The first-order valence-electron chi connectivity index (χ1n) is 15.4. The van der Waals surface area contributed by atoms with E-state index in [4.69, 9.17) is 0 Å². The summed E-state index contributed by atoms with van der Waals surface area (Å²) in [6.07, 6.45) is -1.79. The van der Waals surface area contributed by atoms with E-state index in [-0.39, 0.29) is 23.3 Å². The van der Waals surface area contributed by atoms with Gasteiger partial charge in [-0.2, -0.15) is 23.3 Å². The SMILES string of the molecule is C=CC(=O)N1CCN(c2nc(=O)n3c4c(c(-c5cccc6cnn(C)c56)c(C(F)(F)F)cc24)SCC3CN2CCN(C)CC2)CC1. The molecule has 0 bridgehead atoms. The molecule has 2 fully saturated rings. The topological polar surface area (TPSA) is 82.7 Å². The first-order valence-corrected chi connectivity index (χ1v) is 16.3. The van der Waals surface area contributed by atoms with Crippen molar-refractivity contribution in [1.82, 2.24) is 34.0 Å². The number of hydrogen-bond acceptors (Lipinski definition) is 8. The highest BCUT2D eigenvalue weighted by Crippen LogP contribution is 2.51. The third-order valence-corrected chi connectivity index (χ3v) is 10.6. The molecule has 1 unspecified atom stereocenters. The quantitative estimate of drug-likeness (QED) is 0.302. The lowest BCUT2D eigenvalue weighted by molar-refractivity contribution is -0.137. The van der Waals surface area contributed by atoms with Gasteiger partial charge in [-0.25, -0.2) is 4.79 Å². The van der Waals surface area contributed by atoms with Gasteiger partial charge in [0.15, 0.2) is 0 Å². The van der Waals surface area contributed by atoms with E-state index in [1.165, 1.54) is 23.9 Å². The number of alkyl halides is 3. The Labute approximate surface area is 268 Å². The fourth-order valence-electron chi connectivity index (χ4n) is 6.99. The van der Waals surface area contributed by atoms with Crippen LogP contribution in [-0.4, -0.2) is 112 Å². The second-order valence-electron chi connectivity index (χ2n) is 12.2. The molecule has 3 aliphatic rings. The summed E-state index contributed by atoms with van der Waals surface area (Å²) in [7, 11) is 3.80. The predicted octanol–water partition coefficient (Wildman–Crippen LogP) is 3.70. The van der Waals surface area contributed by atoms with Crippen LogP contribution in [0.15, 0.2) is 52.8 Å². The molecule has 0 spiro atoms. The lowest BCUT2D eigenvalue weighted by Gasteiger charge is -2.38. The smallest absolute Gasteiger partial charge is 0.352 e. The van der Waals surface area contributed by atoms with Crippen LogP contribution >= 0.6 is 11.8 Å². The number of thioether (sulfide) groups is 1. The number of aromatic nitrogens is 4. The van der Waals surface area contributed by atoms with Gasteiger partial charge >= 0.3 is 11.9 Å². The predicted molar refractivity (Wildman–Crippen MR) is 173 cm³/mol. The molecule has 1 amide bonds. The number of rotatable bonds is 5. The molecule has 0 N–H and O–H groups in total. The van der Waals surface area contributed by atoms with Crippen LogP contribution in [0.25, 0.3) is 32.9 Å². The summed E-state index contributed by atoms with van der Waals surface area (Å²) in [6.45, 7) is 9.03. The summed E-state index contributed by atoms with van der Waals surface area (Å²) < 4.78 is 48.8. The van der Waals surface area contributed by atoms with Gasteiger partial charge in [0, 0.05) is 98.5 Å². The second-order valence-corrected chi connectivity index (χ2v) is 13.2. The Morgan fingerprint density at radius 1 is 1.07 bits per heavy atom. The lowest BCUT2D eigenvalue weighted by atomic mass is 9.94. The number of hydrogen-bond donors (Lipinski definition) is 0. The number of nitrogens with zero attached hydrogens (tertiary/aromatic N) is 8. The normalized spacial score (nSPS) is 19.7. The van der Waals surface area contributed by atoms with Crippen molar-refractivity contribution in [3.63, 3.8) is 0 Å². The lowest BCUT2D eigenvalue weighted by Crippen LogP contribution is -2.50. The molecular weight excluding hydrogens is 617 g/mol. The molecule has 2 aromatic heterocycles. The zero-order valence-corrected chi connectivity index (χ0v) is 26.6.